The van der Waals surface area contributed by atoms with E-state index >= 15 is 0 Å². The molecule has 1 N–H and O–H groups in total. The predicted octanol–water partition coefficient (Wildman–Crippen LogP) is 3.67. The summed E-state index contributed by atoms with van der Waals surface area (Å²) in [4.78, 5) is 23.7. The number of methoxy groups -OCH3 is 1. The number of unbranched alkanes of at least 4 members (excludes halogenated alkanes) is 3. The molecular formula is C21H32O4. The van der Waals surface area contributed by atoms with Gasteiger partial charge >= 0.3 is 5.97 Å². The Morgan fingerprint density at radius 2 is 2.04 bits per heavy atom. The number of aliphatic hydroxyl groups is 1. The first-order valence-corrected chi connectivity index (χ1v) is 9.27. The summed E-state index contributed by atoms with van der Waals surface area (Å²) in [6.07, 6.45) is 8.74. The maximum atomic E-state index is 12.7. The number of Topliss-reactive ketones (excluding diaryl/α,β-unsaturated/α-hetero) is 1. The van der Waals surface area contributed by atoms with Crippen molar-refractivity contribution in [3.8, 4) is 11.8 Å². The number of rotatable bonds is 8. The molecule has 0 amide bonds. The highest BCUT2D eigenvalue weighted by atomic mass is 16.5. The van der Waals surface area contributed by atoms with Gasteiger partial charge in [-0.2, -0.15) is 0 Å². The van der Waals surface area contributed by atoms with Crippen LogP contribution in [0.5, 0.6) is 0 Å². The van der Waals surface area contributed by atoms with Crippen LogP contribution in [0, 0.1) is 29.1 Å². The number of ether oxygens (including phenoxy) is 1. The van der Waals surface area contributed by atoms with Gasteiger partial charge in [-0.1, -0.05) is 45.8 Å². The normalized spacial score (nSPS) is 25.0. The Morgan fingerprint density at radius 1 is 1.32 bits per heavy atom. The molecule has 0 saturated heterocycles. The second kappa shape index (κ2) is 10.4. The van der Waals surface area contributed by atoms with Gasteiger partial charge in [0.1, 0.15) is 5.78 Å². The third kappa shape index (κ3) is 6.01. The molecule has 140 valence electrons. The Hall–Kier alpha value is -1.60. The second-order valence-electron chi connectivity index (χ2n) is 7.27. The van der Waals surface area contributed by atoms with Gasteiger partial charge in [0.25, 0.3) is 0 Å². The Labute approximate surface area is 152 Å². The van der Waals surface area contributed by atoms with E-state index in [1.807, 2.05) is 19.9 Å². The molecule has 25 heavy (non-hydrogen) atoms. The van der Waals surface area contributed by atoms with Gasteiger partial charge < -0.3 is 9.84 Å². The number of allylic oxidation sites excluding steroid dienone is 1. The fraction of sp³-hybridized carbons (Fsp3) is 0.714. The molecule has 0 aromatic rings. The Morgan fingerprint density at radius 3 is 2.68 bits per heavy atom. The molecule has 0 aliphatic heterocycles. The molecule has 1 aliphatic rings. The lowest BCUT2D eigenvalue weighted by Crippen LogP contribution is -2.31. The van der Waals surface area contributed by atoms with E-state index in [1.54, 1.807) is 0 Å². The lowest BCUT2D eigenvalue weighted by molar-refractivity contribution is -0.140. The molecule has 4 heteroatoms. The molecule has 1 saturated carbocycles. The monoisotopic (exact) mass is 348 g/mol. The highest BCUT2D eigenvalue weighted by molar-refractivity contribution is 5.90. The third-order valence-electron chi connectivity index (χ3n) is 4.98. The molecule has 4 nitrogen and oxygen atoms in total. The summed E-state index contributed by atoms with van der Waals surface area (Å²) in [5.41, 5.74) is -0.725. The zero-order valence-electron chi connectivity index (χ0n) is 16.0. The van der Waals surface area contributed by atoms with Crippen LogP contribution in [-0.4, -0.2) is 30.1 Å². The van der Waals surface area contributed by atoms with Gasteiger partial charge in [-0.25, -0.2) is 0 Å². The Bertz CT molecular complexity index is 536. The highest BCUT2D eigenvalue weighted by Crippen LogP contribution is 2.44. The predicted molar refractivity (Wildman–Crippen MR) is 98.7 cm³/mol. The number of esters is 1. The van der Waals surface area contributed by atoms with Crippen LogP contribution in [-0.2, 0) is 14.3 Å². The van der Waals surface area contributed by atoms with Crippen molar-refractivity contribution in [2.45, 2.75) is 71.8 Å². The zero-order chi connectivity index (χ0) is 18.9. The molecule has 3 atom stereocenters. The van der Waals surface area contributed by atoms with Crippen molar-refractivity contribution in [2.75, 3.05) is 7.11 Å². The maximum absolute atomic E-state index is 12.7. The number of hydrogen-bond donors (Lipinski definition) is 1. The lowest BCUT2D eigenvalue weighted by atomic mass is 9.86. The number of hydrogen-bond acceptors (Lipinski definition) is 4. The smallest absolute Gasteiger partial charge is 0.305 e. The van der Waals surface area contributed by atoms with Gasteiger partial charge in [-0.15, -0.1) is 11.8 Å². The standard InChI is InChI=1S/C21H32O4/c1-5-6-7-10-13-16-17(20(24)21(2,3)19(16)23)14-11-8-9-12-15-18(22)25-4/h10,13,16-17,19,23H,5-7,9,12,14-15H2,1-4H3/b13-10+/t16-,17-,19+/m1/s1. The number of carbonyl (C=O) groups is 2. The summed E-state index contributed by atoms with van der Waals surface area (Å²) in [6, 6.07) is 0. The van der Waals surface area contributed by atoms with Crippen LogP contribution < -0.4 is 0 Å². The Kier molecular flexibility index (Phi) is 8.92. The van der Waals surface area contributed by atoms with Crippen LogP contribution in [0.15, 0.2) is 12.2 Å². The summed E-state index contributed by atoms with van der Waals surface area (Å²) >= 11 is 0. The first-order chi connectivity index (χ1) is 11.9. The van der Waals surface area contributed by atoms with Crippen molar-refractivity contribution in [1.29, 1.82) is 0 Å². The van der Waals surface area contributed by atoms with E-state index < -0.39 is 11.5 Å². The molecule has 0 unspecified atom stereocenters. The minimum atomic E-state index is -0.725. The topological polar surface area (TPSA) is 63.6 Å². The summed E-state index contributed by atoms with van der Waals surface area (Å²) in [5, 5.41) is 10.6. The van der Waals surface area contributed by atoms with Crippen molar-refractivity contribution >= 4 is 11.8 Å². The van der Waals surface area contributed by atoms with Crippen LogP contribution in [0.3, 0.4) is 0 Å². The number of carbonyl (C=O) groups excluding carboxylic acids is 2. The van der Waals surface area contributed by atoms with Crippen LogP contribution >= 0.6 is 0 Å². The fourth-order valence-electron chi connectivity index (χ4n) is 3.24. The lowest BCUT2D eigenvalue weighted by Gasteiger charge is -2.22. The van der Waals surface area contributed by atoms with E-state index in [0.717, 1.165) is 19.3 Å². The molecule has 0 aromatic carbocycles. The van der Waals surface area contributed by atoms with Crippen molar-refractivity contribution in [1.82, 2.24) is 0 Å². The van der Waals surface area contributed by atoms with Gasteiger partial charge in [0.05, 0.1) is 18.6 Å². The van der Waals surface area contributed by atoms with Crippen LogP contribution in [0.1, 0.15) is 65.7 Å². The summed E-state index contributed by atoms with van der Waals surface area (Å²) < 4.78 is 4.59. The van der Waals surface area contributed by atoms with E-state index in [9.17, 15) is 14.7 Å². The third-order valence-corrected chi connectivity index (χ3v) is 4.98. The second-order valence-corrected chi connectivity index (χ2v) is 7.27. The fourth-order valence-corrected chi connectivity index (χ4v) is 3.24. The minimum absolute atomic E-state index is 0.0917. The van der Waals surface area contributed by atoms with Gasteiger partial charge in [-0.05, 0) is 12.8 Å². The van der Waals surface area contributed by atoms with Crippen molar-refractivity contribution < 1.29 is 19.4 Å². The molecule has 1 aliphatic carbocycles. The van der Waals surface area contributed by atoms with Crippen LogP contribution in [0.25, 0.3) is 0 Å². The molecule has 0 aromatic heterocycles. The molecule has 0 bridgehead atoms. The molecule has 1 fully saturated rings. The van der Waals surface area contributed by atoms with E-state index in [2.05, 4.69) is 29.6 Å². The van der Waals surface area contributed by atoms with Gasteiger partial charge in [0.15, 0.2) is 0 Å². The van der Waals surface area contributed by atoms with Crippen molar-refractivity contribution in [3.05, 3.63) is 12.2 Å². The largest absolute Gasteiger partial charge is 0.469 e. The average Bonchev–Trinajstić information content (AvgIpc) is 2.75. The summed E-state index contributed by atoms with van der Waals surface area (Å²) in [5.74, 6) is 5.55. The van der Waals surface area contributed by atoms with Crippen LogP contribution in [0.4, 0.5) is 0 Å². The Balaban J connectivity index is 2.65. The SMILES string of the molecule is CCCC/C=C/[C@@H]1[C@@H](CC#CCCCC(=O)OC)C(=O)C(C)(C)[C@H]1O. The van der Waals surface area contributed by atoms with E-state index in [0.29, 0.717) is 25.7 Å². The minimum Gasteiger partial charge on any atom is -0.469 e. The molecule has 0 heterocycles. The summed E-state index contributed by atoms with van der Waals surface area (Å²) in [7, 11) is 1.38. The van der Waals surface area contributed by atoms with Gasteiger partial charge in [-0.3, -0.25) is 9.59 Å². The van der Waals surface area contributed by atoms with E-state index in [4.69, 9.17) is 0 Å². The van der Waals surface area contributed by atoms with E-state index in [-0.39, 0.29) is 23.6 Å². The molecule has 0 spiro atoms. The van der Waals surface area contributed by atoms with Gasteiger partial charge in [0, 0.05) is 31.1 Å². The highest BCUT2D eigenvalue weighted by Gasteiger charge is 2.52. The number of aliphatic hydroxyl groups excluding tert-OH is 1. The molecule has 1 rings (SSSR count). The maximum Gasteiger partial charge on any atom is 0.305 e. The van der Waals surface area contributed by atoms with Gasteiger partial charge in [0.2, 0.25) is 0 Å². The van der Waals surface area contributed by atoms with Crippen LogP contribution in [0.2, 0.25) is 0 Å². The molecular weight excluding hydrogens is 316 g/mol. The first kappa shape index (κ1) is 21.4. The summed E-state index contributed by atoms with van der Waals surface area (Å²) in [6.45, 7) is 5.77. The zero-order valence-corrected chi connectivity index (χ0v) is 16.0. The first-order valence-electron chi connectivity index (χ1n) is 9.27. The quantitative estimate of drug-likeness (QED) is 0.315. The van der Waals surface area contributed by atoms with E-state index in [1.165, 1.54) is 7.11 Å². The molecule has 0 radical (unpaired) electrons. The average molecular weight is 348 g/mol. The number of ketones is 1. The van der Waals surface area contributed by atoms with Crippen molar-refractivity contribution in [2.24, 2.45) is 17.3 Å². The van der Waals surface area contributed by atoms with Crippen molar-refractivity contribution in [3.63, 3.8) is 0 Å².